The summed E-state index contributed by atoms with van der Waals surface area (Å²) in [7, 11) is 0. The first-order valence-corrected chi connectivity index (χ1v) is 9.09. The molecule has 4 rings (SSSR count). The third-order valence-corrected chi connectivity index (χ3v) is 4.59. The Balaban J connectivity index is 1.30. The maximum atomic E-state index is 12.9. The molecule has 0 aliphatic heterocycles. The Morgan fingerprint density at radius 1 is 1.10 bits per heavy atom. The Labute approximate surface area is 165 Å². The highest BCUT2D eigenvalue weighted by atomic mass is 19.1. The molecule has 3 N–H and O–H groups in total. The third kappa shape index (κ3) is 4.57. The number of aromatic nitrogens is 3. The molecule has 0 spiro atoms. The number of amides is 2. The van der Waals surface area contributed by atoms with Crippen molar-refractivity contribution in [2.75, 3.05) is 5.32 Å². The summed E-state index contributed by atoms with van der Waals surface area (Å²) >= 11 is 0. The number of hydrogen-bond donors (Lipinski definition) is 3. The zero-order valence-electron chi connectivity index (χ0n) is 15.3. The van der Waals surface area contributed by atoms with Crippen LogP contribution in [0.3, 0.4) is 0 Å². The number of H-pyrrole nitrogens is 1. The monoisotopic (exact) mass is 395 g/mol. The first-order chi connectivity index (χ1) is 14.1. The molecular weight excluding hydrogens is 377 g/mol. The molecule has 1 aliphatic carbocycles. The highest BCUT2D eigenvalue weighted by Gasteiger charge is 2.24. The fourth-order valence-corrected chi connectivity index (χ4v) is 3.11. The van der Waals surface area contributed by atoms with E-state index < -0.39 is 11.8 Å². The fourth-order valence-electron chi connectivity index (χ4n) is 3.11. The van der Waals surface area contributed by atoms with Crippen LogP contribution in [0.15, 0.2) is 48.8 Å². The molecule has 9 heteroatoms. The van der Waals surface area contributed by atoms with E-state index in [1.54, 1.807) is 12.3 Å². The molecule has 0 unspecified atom stereocenters. The van der Waals surface area contributed by atoms with E-state index in [1.807, 2.05) is 0 Å². The van der Waals surface area contributed by atoms with Crippen molar-refractivity contribution in [1.29, 1.82) is 0 Å². The number of anilines is 1. The number of halogens is 1. The van der Waals surface area contributed by atoms with Crippen molar-refractivity contribution in [2.45, 2.75) is 25.3 Å². The van der Waals surface area contributed by atoms with Crippen LogP contribution in [0.25, 0.3) is 0 Å². The number of aromatic amines is 1. The summed E-state index contributed by atoms with van der Waals surface area (Å²) in [5.41, 5.74) is 2.49. The SMILES string of the molecule is O=C(Nc1ccc(Oc2ccc(F)cc2)nc1)C(=O)N[C@H]1CCc2cn[nH]c2C1. The molecule has 8 nitrogen and oxygen atoms in total. The van der Waals surface area contributed by atoms with Crippen LogP contribution in [0.1, 0.15) is 17.7 Å². The topological polar surface area (TPSA) is 109 Å². The minimum absolute atomic E-state index is 0.120. The Morgan fingerprint density at radius 2 is 1.93 bits per heavy atom. The highest BCUT2D eigenvalue weighted by molar-refractivity contribution is 6.39. The molecule has 0 fully saturated rings. The summed E-state index contributed by atoms with van der Waals surface area (Å²) in [4.78, 5) is 28.4. The number of carbonyl (C=O) groups is 2. The lowest BCUT2D eigenvalue weighted by atomic mass is 9.94. The van der Waals surface area contributed by atoms with Crippen molar-refractivity contribution in [1.82, 2.24) is 20.5 Å². The van der Waals surface area contributed by atoms with Gasteiger partial charge in [0.1, 0.15) is 11.6 Å². The van der Waals surface area contributed by atoms with Crippen molar-refractivity contribution in [3.05, 3.63) is 65.9 Å². The van der Waals surface area contributed by atoms with Crippen LogP contribution >= 0.6 is 0 Å². The second-order valence-electron chi connectivity index (χ2n) is 6.68. The molecule has 1 atom stereocenters. The summed E-state index contributed by atoms with van der Waals surface area (Å²) in [5.74, 6) is -1.13. The maximum Gasteiger partial charge on any atom is 0.313 e. The quantitative estimate of drug-likeness (QED) is 0.588. The van der Waals surface area contributed by atoms with Gasteiger partial charge in [0.25, 0.3) is 0 Å². The molecule has 2 amide bonds. The second kappa shape index (κ2) is 8.09. The van der Waals surface area contributed by atoms with Crippen LogP contribution in [0.4, 0.5) is 10.1 Å². The third-order valence-electron chi connectivity index (χ3n) is 4.59. The van der Waals surface area contributed by atoms with E-state index in [0.29, 0.717) is 17.9 Å². The van der Waals surface area contributed by atoms with E-state index >= 15 is 0 Å². The van der Waals surface area contributed by atoms with E-state index in [9.17, 15) is 14.0 Å². The van der Waals surface area contributed by atoms with Crippen molar-refractivity contribution in [2.24, 2.45) is 0 Å². The van der Waals surface area contributed by atoms with Gasteiger partial charge in [-0.25, -0.2) is 9.37 Å². The Kier molecular flexibility index (Phi) is 5.19. The minimum atomic E-state index is -0.769. The Morgan fingerprint density at radius 3 is 2.69 bits per heavy atom. The normalized spacial score (nSPS) is 15.3. The summed E-state index contributed by atoms with van der Waals surface area (Å²) in [6, 6.07) is 8.50. The number of rotatable bonds is 4. The second-order valence-corrected chi connectivity index (χ2v) is 6.68. The molecule has 148 valence electrons. The molecule has 3 aromatic rings. The van der Waals surface area contributed by atoms with E-state index in [0.717, 1.165) is 24.1 Å². The predicted molar refractivity (Wildman–Crippen MR) is 102 cm³/mol. The van der Waals surface area contributed by atoms with Crippen LogP contribution in [0, 0.1) is 5.82 Å². The van der Waals surface area contributed by atoms with Gasteiger partial charge in [0.15, 0.2) is 0 Å². The van der Waals surface area contributed by atoms with Crippen LogP contribution in [-0.2, 0) is 22.4 Å². The lowest BCUT2D eigenvalue weighted by Crippen LogP contribution is -2.44. The molecule has 1 aromatic carbocycles. The minimum Gasteiger partial charge on any atom is -0.439 e. The molecule has 2 heterocycles. The average molecular weight is 395 g/mol. The highest BCUT2D eigenvalue weighted by Crippen LogP contribution is 2.21. The maximum absolute atomic E-state index is 12.9. The number of ether oxygens (including phenoxy) is 1. The van der Waals surface area contributed by atoms with Crippen LogP contribution in [0.2, 0.25) is 0 Å². The molecule has 0 saturated carbocycles. The Bertz CT molecular complexity index is 1020. The molecule has 0 bridgehead atoms. The zero-order chi connectivity index (χ0) is 20.2. The first-order valence-electron chi connectivity index (χ1n) is 9.09. The molecule has 1 aliphatic rings. The number of hydrogen-bond acceptors (Lipinski definition) is 5. The van der Waals surface area contributed by atoms with Gasteiger partial charge in [-0.2, -0.15) is 5.10 Å². The first kappa shape index (κ1) is 18.6. The number of fused-ring (bicyclic) bond motifs is 1. The van der Waals surface area contributed by atoms with Gasteiger partial charge in [0.2, 0.25) is 5.88 Å². The van der Waals surface area contributed by atoms with Gasteiger partial charge in [-0.15, -0.1) is 0 Å². The van der Waals surface area contributed by atoms with Crippen LogP contribution in [0.5, 0.6) is 11.6 Å². The molecule has 2 aromatic heterocycles. The smallest absolute Gasteiger partial charge is 0.313 e. The molecule has 0 saturated heterocycles. The summed E-state index contributed by atoms with van der Waals surface area (Å²) in [5, 5.41) is 12.2. The van der Waals surface area contributed by atoms with Gasteiger partial charge in [-0.1, -0.05) is 0 Å². The van der Waals surface area contributed by atoms with E-state index in [4.69, 9.17) is 4.74 Å². The van der Waals surface area contributed by atoms with E-state index in [2.05, 4.69) is 25.8 Å². The fraction of sp³-hybridized carbons (Fsp3) is 0.200. The number of carbonyl (C=O) groups excluding carboxylic acids is 2. The van der Waals surface area contributed by atoms with Crippen molar-refractivity contribution >= 4 is 17.5 Å². The van der Waals surface area contributed by atoms with E-state index in [-0.39, 0.29) is 17.7 Å². The summed E-state index contributed by atoms with van der Waals surface area (Å²) in [6.07, 6.45) is 5.34. The number of benzene rings is 1. The molecular formula is C20H18FN5O3. The average Bonchev–Trinajstić information content (AvgIpc) is 3.19. The number of nitrogens with one attached hydrogen (secondary N) is 3. The lowest BCUT2D eigenvalue weighted by Gasteiger charge is -2.22. The van der Waals surface area contributed by atoms with E-state index in [1.165, 1.54) is 36.5 Å². The number of aryl methyl sites for hydroxylation is 1. The van der Waals surface area contributed by atoms with Gasteiger partial charge in [0.05, 0.1) is 18.1 Å². The van der Waals surface area contributed by atoms with Gasteiger partial charge >= 0.3 is 11.8 Å². The molecule has 29 heavy (non-hydrogen) atoms. The van der Waals surface area contributed by atoms with Crippen molar-refractivity contribution < 1.29 is 18.7 Å². The predicted octanol–water partition coefficient (Wildman–Crippen LogP) is 2.35. The largest absolute Gasteiger partial charge is 0.439 e. The standard InChI is InChI=1S/C20H18FN5O3/c21-13-2-6-16(7-3-13)29-18-8-5-15(11-22-18)25-20(28)19(27)24-14-4-1-12-10-23-26-17(12)9-14/h2-3,5-8,10-11,14H,1,4,9H2,(H,23,26)(H,24,27)(H,25,28)/t14-/m0/s1. The van der Waals surface area contributed by atoms with Crippen LogP contribution in [-0.4, -0.2) is 33.0 Å². The molecule has 0 radical (unpaired) electrons. The Hall–Kier alpha value is -3.75. The number of pyridine rings is 1. The van der Waals surface area contributed by atoms with Gasteiger partial charge in [-0.3, -0.25) is 14.7 Å². The summed E-state index contributed by atoms with van der Waals surface area (Å²) in [6.45, 7) is 0. The van der Waals surface area contributed by atoms with Crippen molar-refractivity contribution in [3.63, 3.8) is 0 Å². The van der Waals surface area contributed by atoms with Gasteiger partial charge in [-0.05, 0) is 48.7 Å². The number of nitrogens with zero attached hydrogens (tertiary/aromatic N) is 2. The lowest BCUT2D eigenvalue weighted by molar-refractivity contribution is -0.136. The van der Waals surface area contributed by atoms with Gasteiger partial charge < -0.3 is 15.4 Å². The van der Waals surface area contributed by atoms with Gasteiger partial charge in [0, 0.05) is 24.2 Å². The zero-order valence-corrected chi connectivity index (χ0v) is 15.3. The van der Waals surface area contributed by atoms with Crippen molar-refractivity contribution in [3.8, 4) is 11.6 Å². The summed E-state index contributed by atoms with van der Waals surface area (Å²) < 4.78 is 18.4. The van der Waals surface area contributed by atoms with Crippen LogP contribution < -0.4 is 15.4 Å².